The minimum atomic E-state index is -0.934. The fourth-order valence-electron chi connectivity index (χ4n) is 3.84. The van der Waals surface area contributed by atoms with Gasteiger partial charge < -0.3 is 29.0 Å². The van der Waals surface area contributed by atoms with Gasteiger partial charge in [-0.1, -0.05) is 18.7 Å². The summed E-state index contributed by atoms with van der Waals surface area (Å²) in [6.07, 6.45) is 3.08. The second-order valence-electron chi connectivity index (χ2n) is 7.56. The molecule has 1 aliphatic heterocycles. The van der Waals surface area contributed by atoms with Gasteiger partial charge in [-0.05, 0) is 54.1 Å². The minimum absolute atomic E-state index is 0.0105. The number of ether oxygens (including phenoxy) is 2. The van der Waals surface area contributed by atoms with Crippen molar-refractivity contribution in [2.24, 2.45) is 0 Å². The zero-order chi connectivity index (χ0) is 24.2. The molecule has 174 valence electrons. The Kier molecular flexibility index (Phi) is 6.40. The summed E-state index contributed by atoms with van der Waals surface area (Å²) in [6, 6.07) is 13.4. The van der Waals surface area contributed by atoms with Gasteiger partial charge in [-0.2, -0.15) is 0 Å². The summed E-state index contributed by atoms with van der Waals surface area (Å²) < 4.78 is 16.1. The molecule has 0 radical (unpaired) electrons. The van der Waals surface area contributed by atoms with Gasteiger partial charge in [0.1, 0.15) is 23.9 Å². The van der Waals surface area contributed by atoms with Crippen LogP contribution in [0, 0.1) is 0 Å². The van der Waals surface area contributed by atoms with Crippen LogP contribution in [0.4, 0.5) is 0 Å². The number of ketones is 1. The number of rotatable bonds is 8. The lowest BCUT2D eigenvalue weighted by molar-refractivity contribution is -0.140. The minimum Gasteiger partial charge on any atom is -0.507 e. The summed E-state index contributed by atoms with van der Waals surface area (Å²) in [4.78, 5) is 27.5. The number of hydrogen-bond donors (Lipinski definition) is 2. The summed E-state index contributed by atoms with van der Waals surface area (Å²) >= 11 is 0. The molecular formula is C26H23NO7. The van der Waals surface area contributed by atoms with E-state index in [0.29, 0.717) is 29.2 Å². The summed E-state index contributed by atoms with van der Waals surface area (Å²) in [6.45, 7) is 3.94. The molecule has 1 unspecified atom stereocenters. The zero-order valence-corrected chi connectivity index (χ0v) is 18.4. The van der Waals surface area contributed by atoms with Gasteiger partial charge in [0.05, 0.1) is 31.5 Å². The predicted molar refractivity (Wildman–Crippen MR) is 123 cm³/mol. The van der Waals surface area contributed by atoms with Crippen molar-refractivity contribution in [2.45, 2.75) is 12.6 Å². The highest BCUT2D eigenvalue weighted by molar-refractivity contribution is 6.46. The molecule has 0 aliphatic carbocycles. The van der Waals surface area contributed by atoms with Crippen molar-refractivity contribution >= 4 is 17.4 Å². The Labute approximate surface area is 196 Å². The number of benzene rings is 2. The molecule has 0 saturated carbocycles. The lowest BCUT2D eigenvalue weighted by atomic mass is 9.95. The van der Waals surface area contributed by atoms with Gasteiger partial charge >= 0.3 is 0 Å². The summed E-state index contributed by atoms with van der Waals surface area (Å²) in [7, 11) is 1.40. The van der Waals surface area contributed by atoms with Gasteiger partial charge in [-0.15, -0.1) is 0 Å². The number of hydrogen-bond acceptors (Lipinski definition) is 7. The number of aliphatic hydroxyl groups is 1. The highest BCUT2D eigenvalue weighted by Gasteiger charge is 2.46. The van der Waals surface area contributed by atoms with Gasteiger partial charge in [-0.3, -0.25) is 9.59 Å². The second-order valence-corrected chi connectivity index (χ2v) is 7.56. The van der Waals surface area contributed by atoms with Crippen LogP contribution in [0.2, 0.25) is 0 Å². The van der Waals surface area contributed by atoms with E-state index in [4.69, 9.17) is 13.9 Å². The highest BCUT2D eigenvalue weighted by Crippen LogP contribution is 2.42. The molecule has 2 heterocycles. The predicted octanol–water partition coefficient (Wildman–Crippen LogP) is 4.18. The molecule has 8 heteroatoms. The normalized spacial score (nSPS) is 17.1. The highest BCUT2D eigenvalue weighted by atomic mass is 16.5. The quantitative estimate of drug-likeness (QED) is 0.224. The van der Waals surface area contributed by atoms with Crippen LogP contribution in [0.15, 0.2) is 83.5 Å². The zero-order valence-electron chi connectivity index (χ0n) is 18.4. The van der Waals surface area contributed by atoms with Crippen LogP contribution in [-0.2, 0) is 16.1 Å². The number of aromatic hydroxyl groups is 1. The maximum Gasteiger partial charge on any atom is 0.296 e. The van der Waals surface area contributed by atoms with E-state index in [1.807, 2.05) is 0 Å². The molecule has 4 rings (SSSR count). The first-order valence-electron chi connectivity index (χ1n) is 10.5. The Morgan fingerprint density at radius 1 is 1.18 bits per heavy atom. The largest absolute Gasteiger partial charge is 0.507 e. The lowest BCUT2D eigenvalue weighted by Crippen LogP contribution is -2.29. The SMILES string of the molecule is C=CCOc1ccc(/C(O)=C2\C(=O)C(=O)N(Cc3ccco3)C2c2ccc(O)c(OC)c2)cc1. The van der Waals surface area contributed by atoms with E-state index in [1.165, 1.54) is 30.4 Å². The van der Waals surface area contributed by atoms with Gasteiger partial charge in [0.2, 0.25) is 0 Å². The molecule has 1 amide bonds. The van der Waals surface area contributed by atoms with Crippen molar-refractivity contribution in [3.8, 4) is 17.2 Å². The molecule has 1 fully saturated rings. The van der Waals surface area contributed by atoms with Crippen molar-refractivity contribution in [3.05, 3.63) is 96.0 Å². The van der Waals surface area contributed by atoms with Crippen LogP contribution in [0.5, 0.6) is 17.2 Å². The van der Waals surface area contributed by atoms with Crippen LogP contribution in [-0.4, -0.2) is 40.5 Å². The average Bonchev–Trinajstić information content (AvgIpc) is 3.45. The first-order valence-corrected chi connectivity index (χ1v) is 10.5. The number of phenols is 1. The Morgan fingerprint density at radius 2 is 1.94 bits per heavy atom. The first kappa shape index (κ1) is 22.7. The summed E-state index contributed by atoms with van der Waals surface area (Å²) in [5.41, 5.74) is 0.745. The monoisotopic (exact) mass is 461 g/mol. The van der Waals surface area contributed by atoms with E-state index in [-0.39, 0.29) is 29.4 Å². The standard InChI is InChI=1S/C26H23NO7/c1-3-12-33-18-9-6-16(7-10-18)24(29)22-23(17-8-11-20(28)21(14-17)32-2)27(26(31)25(22)30)15-19-5-4-13-34-19/h3-11,13-14,23,28-29H,1,12,15H2,2H3/b24-22+. The molecule has 3 aromatic rings. The fraction of sp³-hybridized carbons (Fsp3) is 0.154. The van der Waals surface area contributed by atoms with Crippen LogP contribution in [0.1, 0.15) is 22.9 Å². The number of carbonyl (C=O) groups excluding carboxylic acids is 2. The number of furan rings is 1. The van der Waals surface area contributed by atoms with Gasteiger partial charge in [0.15, 0.2) is 11.5 Å². The topological polar surface area (TPSA) is 109 Å². The molecule has 0 spiro atoms. The van der Waals surface area contributed by atoms with Crippen LogP contribution < -0.4 is 9.47 Å². The first-order chi connectivity index (χ1) is 16.4. The Bertz CT molecular complexity index is 1240. The van der Waals surface area contributed by atoms with Crippen LogP contribution in [0.3, 0.4) is 0 Å². The third kappa shape index (κ3) is 4.25. The number of amides is 1. The number of Topliss-reactive ketones (excluding diaryl/α,β-unsaturated/α-hetero) is 1. The molecular weight excluding hydrogens is 438 g/mol. The Hall–Kier alpha value is -4.46. The van der Waals surface area contributed by atoms with Gasteiger partial charge in [0.25, 0.3) is 11.7 Å². The summed E-state index contributed by atoms with van der Waals surface area (Å²) in [5, 5.41) is 21.2. The maximum absolute atomic E-state index is 13.1. The second kappa shape index (κ2) is 9.58. The molecule has 1 saturated heterocycles. The third-order valence-electron chi connectivity index (χ3n) is 5.46. The number of phenolic OH excluding ortho intramolecular Hbond substituents is 1. The van der Waals surface area contributed by atoms with Crippen molar-refractivity contribution in [2.75, 3.05) is 13.7 Å². The molecule has 8 nitrogen and oxygen atoms in total. The smallest absolute Gasteiger partial charge is 0.296 e. The van der Waals surface area contributed by atoms with Gasteiger partial charge in [-0.25, -0.2) is 0 Å². The number of carbonyl (C=O) groups is 2. The van der Waals surface area contributed by atoms with E-state index in [9.17, 15) is 19.8 Å². The maximum atomic E-state index is 13.1. The molecule has 1 atom stereocenters. The molecule has 1 aromatic heterocycles. The number of likely N-dealkylation sites (tertiary alicyclic amines) is 1. The van der Waals surface area contributed by atoms with Crippen LogP contribution >= 0.6 is 0 Å². The lowest BCUT2D eigenvalue weighted by Gasteiger charge is -2.25. The molecule has 34 heavy (non-hydrogen) atoms. The average molecular weight is 461 g/mol. The number of methoxy groups -OCH3 is 1. The van der Waals surface area contributed by atoms with Crippen LogP contribution in [0.25, 0.3) is 5.76 Å². The van der Waals surface area contributed by atoms with E-state index in [1.54, 1.807) is 48.5 Å². The van der Waals surface area contributed by atoms with E-state index in [2.05, 4.69) is 6.58 Å². The van der Waals surface area contributed by atoms with E-state index in [0.717, 1.165) is 0 Å². The van der Waals surface area contributed by atoms with Crippen molar-refractivity contribution in [3.63, 3.8) is 0 Å². The molecule has 2 N–H and O–H groups in total. The van der Waals surface area contributed by atoms with Gasteiger partial charge in [0, 0.05) is 5.56 Å². The number of nitrogens with zero attached hydrogens (tertiary/aromatic N) is 1. The van der Waals surface area contributed by atoms with E-state index >= 15 is 0 Å². The molecule has 2 aromatic carbocycles. The van der Waals surface area contributed by atoms with Crippen molar-refractivity contribution < 1.29 is 33.7 Å². The third-order valence-corrected chi connectivity index (χ3v) is 5.46. The van der Waals surface area contributed by atoms with Crippen molar-refractivity contribution in [1.82, 2.24) is 4.90 Å². The number of aliphatic hydroxyl groups excluding tert-OH is 1. The Balaban J connectivity index is 1.82. The molecule has 0 bridgehead atoms. The summed E-state index contributed by atoms with van der Waals surface area (Å²) in [5.74, 6) is -0.813. The fourth-order valence-corrected chi connectivity index (χ4v) is 3.84. The van der Waals surface area contributed by atoms with Crippen molar-refractivity contribution in [1.29, 1.82) is 0 Å². The Morgan fingerprint density at radius 3 is 2.59 bits per heavy atom. The molecule has 1 aliphatic rings. The van der Waals surface area contributed by atoms with E-state index < -0.39 is 17.7 Å².